The summed E-state index contributed by atoms with van der Waals surface area (Å²) in [6.07, 6.45) is 0. The molecule has 0 aliphatic rings. The Labute approximate surface area is 92.0 Å². The highest BCUT2D eigenvalue weighted by Gasteiger charge is 2.12. The lowest BCUT2D eigenvalue weighted by molar-refractivity contribution is 0.0698. The fraction of sp³-hybridized carbons (Fsp3) is 0.300. The van der Waals surface area contributed by atoms with E-state index in [0.29, 0.717) is 13.2 Å². The second kappa shape index (κ2) is 5.32. The van der Waals surface area contributed by atoms with Crippen LogP contribution >= 0.6 is 0 Å². The first-order valence-corrected chi connectivity index (χ1v) is 4.61. The van der Waals surface area contributed by atoms with Gasteiger partial charge in [0.2, 0.25) is 0 Å². The Morgan fingerprint density at radius 1 is 1.62 bits per heavy atom. The number of methoxy groups -OCH3 is 1. The van der Waals surface area contributed by atoms with Crippen molar-refractivity contribution in [3.05, 3.63) is 23.5 Å². The van der Waals surface area contributed by atoms with Crippen molar-refractivity contribution in [2.45, 2.75) is 0 Å². The van der Waals surface area contributed by atoms with Gasteiger partial charge < -0.3 is 20.9 Å². The maximum Gasteiger partial charge on any atom is 0.337 e. The Balaban J connectivity index is 2.91. The van der Waals surface area contributed by atoms with Crippen LogP contribution in [-0.2, 0) is 4.74 Å². The van der Waals surface area contributed by atoms with Crippen molar-refractivity contribution in [1.82, 2.24) is 0 Å². The number of rotatable bonds is 5. The molecule has 0 atom stereocenters. The lowest BCUT2D eigenvalue weighted by Gasteiger charge is -2.09. The maximum absolute atomic E-state index is 13.3. The lowest BCUT2D eigenvalue weighted by atomic mass is 10.1. The van der Waals surface area contributed by atoms with E-state index < -0.39 is 11.8 Å². The zero-order valence-electron chi connectivity index (χ0n) is 8.79. The molecule has 16 heavy (non-hydrogen) atoms. The van der Waals surface area contributed by atoms with Crippen molar-refractivity contribution in [3.63, 3.8) is 0 Å². The van der Waals surface area contributed by atoms with Crippen molar-refractivity contribution in [3.8, 4) is 0 Å². The molecule has 0 spiro atoms. The van der Waals surface area contributed by atoms with E-state index in [9.17, 15) is 9.18 Å². The van der Waals surface area contributed by atoms with Gasteiger partial charge in [-0.1, -0.05) is 0 Å². The molecule has 0 aromatic heterocycles. The van der Waals surface area contributed by atoms with E-state index in [2.05, 4.69) is 5.32 Å². The van der Waals surface area contributed by atoms with Crippen LogP contribution in [0.3, 0.4) is 0 Å². The number of carboxylic acid groups (broad SMARTS) is 1. The van der Waals surface area contributed by atoms with Gasteiger partial charge in [-0.3, -0.25) is 0 Å². The van der Waals surface area contributed by atoms with E-state index >= 15 is 0 Å². The minimum atomic E-state index is -1.19. The first kappa shape index (κ1) is 12.3. The number of nitrogen functional groups attached to an aromatic ring is 1. The van der Waals surface area contributed by atoms with Crippen LogP contribution in [-0.4, -0.2) is 31.3 Å². The molecule has 0 radical (unpaired) electrons. The SMILES string of the molecule is COCCNc1cc(C(=O)O)c(N)cc1F. The van der Waals surface area contributed by atoms with Crippen LogP contribution in [0.15, 0.2) is 12.1 Å². The number of nitrogens with one attached hydrogen (secondary N) is 1. The largest absolute Gasteiger partial charge is 0.478 e. The number of ether oxygens (including phenoxy) is 1. The summed E-state index contributed by atoms with van der Waals surface area (Å²) in [6.45, 7) is 0.780. The van der Waals surface area contributed by atoms with Gasteiger partial charge in [-0.05, 0) is 12.1 Å². The van der Waals surface area contributed by atoms with Gasteiger partial charge in [0.1, 0.15) is 5.82 Å². The van der Waals surface area contributed by atoms with Gasteiger partial charge in [0.15, 0.2) is 0 Å². The average Bonchev–Trinajstić information content (AvgIpc) is 2.21. The normalized spacial score (nSPS) is 10.1. The molecule has 4 N–H and O–H groups in total. The summed E-state index contributed by atoms with van der Waals surface area (Å²) in [6, 6.07) is 2.15. The fourth-order valence-electron chi connectivity index (χ4n) is 1.20. The molecule has 0 aliphatic carbocycles. The molecule has 0 fully saturated rings. The molecule has 0 bridgehead atoms. The van der Waals surface area contributed by atoms with Crippen LogP contribution in [0.1, 0.15) is 10.4 Å². The first-order valence-electron chi connectivity index (χ1n) is 4.61. The van der Waals surface area contributed by atoms with Crippen molar-refractivity contribution in [2.24, 2.45) is 0 Å². The van der Waals surface area contributed by atoms with E-state index in [1.54, 1.807) is 0 Å². The van der Waals surface area contributed by atoms with Gasteiger partial charge >= 0.3 is 5.97 Å². The Morgan fingerprint density at radius 2 is 2.31 bits per heavy atom. The summed E-state index contributed by atoms with van der Waals surface area (Å²) >= 11 is 0. The Kier molecular flexibility index (Phi) is 4.07. The Bertz CT molecular complexity index is 396. The zero-order chi connectivity index (χ0) is 12.1. The second-order valence-corrected chi connectivity index (χ2v) is 3.14. The number of carboxylic acids is 1. The van der Waals surface area contributed by atoms with Crippen LogP contribution < -0.4 is 11.1 Å². The molecular formula is C10H13FN2O3. The zero-order valence-corrected chi connectivity index (χ0v) is 8.79. The summed E-state index contributed by atoms with van der Waals surface area (Å²) in [7, 11) is 1.52. The highest BCUT2D eigenvalue weighted by Crippen LogP contribution is 2.22. The molecule has 5 nitrogen and oxygen atoms in total. The van der Waals surface area contributed by atoms with Gasteiger partial charge in [0, 0.05) is 19.3 Å². The Morgan fingerprint density at radius 3 is 2.88 bits per heavy atom. The molecule has 1 aromatic carbocycles. The number of anilines is 2. The van der Waals surface area contributed by atoms with Crippen molar-refractivity contribution < 1.29 is 19.0 Å². The molecule has 88 valence electrons. The minimum absolute atomic E-state index is 0.0951. The highest BCUT2D eigenvalue weighted by atomic mass is 19.1. The van der Waals surface area contributed by atoms with Gasteiger partial charge in [-0.15, -0.1) is 0 Å². The van der Waals surface area contributed by atoms with E-state index in [-0.39, 0.29) is 16.9 Å². The average molecular weight is 228 g/mol. The standard InChI is InChI=1S/C10H13FN2O3/c1-16-3-2-13-9-4-6(10(14)15)8(12)5-7(9)11/h4-5,13H,2-3,12H2,1H3,(H,14,15). The molecule has 1 rings (SSSR count). The third-order valence-corrected chi connectivity index (χ3v) is 1.99. The molecule has 0 saturated heterocycles. The number of halogens is 1. The number of nitrogens with two attached hydrogens (primary N) is 1. The van der Waals surface area contributed by atoms with Crippen molar-refractivity contribution in [2.75, 3.05) is 31.3 Å². The van der Waals surface area contributed by atoms with Crippen LogP contribution in [0, 0.1) is 5.82 Å². The summed E-state index contributed by atoms with van der Waals surface area (Å²) in [5, 5.41) is 11.5. The fourth-order valence-corrected chi connectivity index (χ4v) is 1.20. The molecule has 0 unspecified atom stereocenters. The van der Waals surface area contributed by atoms with Gasteiger partial charge in [-0.25, -0.2) is 9.18 Å². The van der Waals surface area contributed by atoms with E-state index in [1.165, 1.54) is 13.2 Å². The molecule has 0 heterocycles. The van der Waals surface area contributed by atoms with Crippen LogP contribution in [0.25, 0.3) is 0 Å². The van der Waals surface area contributed by atoms with Crippen LogP contribution in [0.4, 0.5) is 15.8 Å². The minimum Gasteiger partial charge on any atom is -0.478 e. The molecule has 6 heteroatoms. The van der Waals surface area contributed by atoms with Crippen LogP contribution in [0.5, 0.6) is 0 Å². The molecule has 0 saturated carbocycles. The smallest absolute Gasteiger partial charge is 0.337 e. The van der Waals surface area contributed by atoms with Gasteiger partial charge in [0.25, 0.3) is 0 Å². The quantitative estimate of drug-likeness (QED) is 0.520. The maximum atomic E-state index is 13.3. The molecule has 0 amide bonds. The third-order valence-electron chi connectivity index (χ3n) is 1.99. The lowest BCUT2D eigenvalue weighted by Crippen LogP contribution is -2.11. The molecule has 0 aliphatic heterocycles. The number of benzene rings is 1. The predicted octanol–water partition coefficient (Wildman–Crippen LogP) is 1.16. The molecule has 1 aromatic rings. The summed E-state index contributed by atoms with van der Waals surface area (Å²) in [4.78, 5) is 10.8. The summed E-state index contributed by atoms with van der Waals surface area (Å²) in [5.74, 6) is -1.77. The second-order valence-electron chi connectivity index (χ2n) is 3.14. The Hall–Kier alpha value is -1.82. The van der Waals surface area contributed by atoms with E-state index in [4.69, 9.17) is 15.6 Å². The topological polar surface area (TPSA) is 84.6 Å². The van der Waals surface area contributed by atoms with Gasteiger partial charge in [0.05, 0.1) is 17.9 Å². The highest BCUT2D eigenvalue weighted by molar-refractivity contribution is 5.94. The third kappa shape index (κ3) is 2.83. The monoisotopic (exact) mass is 228 g/mol. The number of aromatic carboxylic acids is 1. The van der Waals surface area contributed by atoms with E-state index in [0.717, 1.165) is 6.07 Å². The number of hydrogen-bond acceptors (Lipinski definition) is 4. The summed E-state index contributed by atoms with van der Waals surface area (Å²) in [5.41, 5.74) is 5.25. The van der Waals surface area contributed by atoms with Crippen molar-refractivity contribution >= 4 is 17.3 Å². The van der Waals surface area contributed by atoms with Crippen molar-refractivity contribution in [1.29, 1.82) is 0 Å². The van der Waals surface area contributed by atoms with Gasteiger partial charge in [-0.2, -0.15) is 0 Å². The summed E-state index contributed by atoms with van der Waals surface area (Å²) < 4.78 is 18.1. The number of hydrogen-bond donors (Lipinski definition) is 3. The predicted molar refractivity (Wildman–Crippen MR) is 58.1 cm³/mol. The molecular weight excluding hydrogens is 215 g/mol. The first-order chi connectivity index (χ1) is 7.56. The van der Waals surface area contributed by atoms with Crippen LogP contribution in [0.2, 0.25) is 0 Å². The number of carbonyl (C=O) groups is 1. The van der Waals surface area contributed by atoms with E-state index in [1.807, 2.05) is 0 Å².